The van der Waals surface area contributed by atoms with Crippen LogP contribution in [0.4, 0.5) is 0 Å². The number of carbonyl (C=O) groups excluding carboxylic acids is 2. The van der Waals surface area contributed by atoms with E-state index in [-0.39, 0.29) is 13.2 Å². The van der Waals surface area contributed by atoms with Crippen molar-refractivity contribution >= 4 is 19.3 Å². The second kappa shape index (κ2) is 7.17. The summed E-state index contributed by atoms with van der Waals surface area (Å²) in [4.78, 5) is 23.7. The van der Waals surface area contributed by atoms with Gasteiger partial charge in [0.15, 0.2) is 0 Å². The minimum absolute atomic E-state index is 0.118. The van der Waals surface area contributed by atoms with Crippen molar-refractivity contribution in [1.82, 2.24) is 0 Å². The van der Waals surface area contributed by atoms with Gasteiger partial charge in [0.1, 0.15) is 5.16 Å². The summed E-state index contributed by atoms with van der Waals surface area (Å²) in [5.74, 6) is -1.94. The lowest BCUT2D eigenvalue weighted by molar-refractivity contribution is -0.157. The molecule has 0 aliphatic rings. The first-order valence-corrected chi connectivity index (χ1v) is 7.81. The summed E-state index contributed by atoms with van der Waals surface area (Å²) in [6.07, 6.45) is -0.425. The van der Waals surface area contributed by atoms with Crippen LogP contribution in [0.3, 0.4) is 0 Å². The molecule has 0 spiro atoms. The molecule has 0 amide bonds. The molecule has 0 saturated carbocycles. The van der Waals surface area contributed by atoms with Gasteiger partial charge in [-0.3, -0.25) is 9.36 Å². The minimum Gasteiger partial charge on any atom is -0.457 e. The molecule has 112 valence electrons. The van der Waals surface area contributed by atoms with Crippen LogP contribution in [0.5, 0.6) is 0 Å². The molecule has 0 aromatic rings. The number of ether oxygens (including phenoxy) is 1. The smallest absolute Gasteiger partial charge is 0.376 e. The molecule has 0 atom stereocenters. The average Bonchev–Trinajstić information content (AvgIpc) is 2.27. The quantitative estimate of drug-likeness (QED) is 0.389. The maximum absolute atomic E-state index is 12.6. The van der Waals surface area contributed by atoms with Gasteiger partial charge in [0.2, 0.25) is 0 Å². The van der Waals surface area contributed by atoms with Crippen LogP contribution in [0.2, 0.25) is 0 Å². The largest absolute Gasteiger partial charge is 0.457 e. The SMILES string of the molecule is CCOP(=O)(OCC)C(C)(C)C(=O)C(=O)OC(C)C. The predicted molar refractivity (Wildman–Crippen MR) is 71.2 cm³/mol. The minimum atomic E-state index is -3.73. The Labute approximate surface area is 114 Å². The van der Waals surface area contributed by atoms with E-state index in [2.05, 4.69) is 0 Å². The fraction of sp³-hybridized carbons (Fsp3) is 0.833. The molecular weight excluding hydrogens is 271 g/mol. The molecule has 0 aromatic heterocycles. The van der Waals surface area contributed by atoms with Crippen molar-refractivity contribution in [1.29, 1.82) is 0 Å². The van der Waals surface area contributed by atoms with Crippen molar-refractivity contribution in [3.63, 3.8) is 0 Å². The summed E-state index contributed by atoms with van der Waals surface area (Å²) in [5, 5.41) is -1.58. The Hall–Kier alpha value is -0.710. The molecule has 0 saturated heterocycles. The summed E-state index contributed by atoms with van der Waals surface area (Å²) in [6.45, 7) is 9.50. The van der Waals surface area contributed by atoms with E-state index in [9.17, 15) is 14.2 Å². The third kappa shape index (κ3) is 4.41. The molecule has 0 fully saturated rings. The van der Waals surface area contributed by atoms with E-state index in [0.29, 0.717) is 0 Å². The van der Waals surface area contributed by atoms with Gasteiger partial charge in [-0.25, -0.2) is 4.79 Å². The highest BCUT2D eigenvalue weighted by Gasteiger charge is 2.52. The van der Waals surface area contributed by atoms with Gasteiger partial charge in [0.25, 0.3) is 5.78 Å². The van der Waals surface area contributed by atoms with Crippen LogP contribution in [-0.2, 0) is 27.9 Å². The maximum Gasteiger partial charge on any atom is 0.376 e. The van der Waals surface area contributed by atoms with Gasteiger partial charge in [0, 0.05) is 0 Å². The summed E-state index contributed by atoms with van der Waals surface area (Å²) >= 11 is 0. The number of hydrogen-bond acceptors (Lipinski definition) is 6. The lowest BCUT2D eigenvalue weighted by Gasteiger charge is -2.30. The third-order valence-corrected chi connectivity index (χ3v) is 5.14. The van der Waals surface area contributed by atoms with E-state index >= 15 is 0 Å². The van der Waals surface area contributed by atoms with Crippen LogP contribution in [0.15, 0.2) is 0 Å². The number of hydrogen-bond donors (Lipinski definition) is 0. The van der Waals surface area contributed by atoms with Crippen molar-refractivity contribution < 1.29 is 27.9 Å². The molecule has 19 heavy (non-hydrogen) atoms. The first-order chi connectivity index (χ1) is 8.62. The first kappa shape index (κ1) is 18.3. The standard InChI is InChI=1S/C12H23O6P/c1-7-16-19(15,17-8-2)12(5,6)10(13)11(14)18-9(3)4/h9H,7-8H2,1-6H3. The van der Waals surface area contributed by atoms with Gasteiger partial charge in [-0.05, 0) is 41.5 Å². The highest BCUT2D eigenvalue weighted by Crippen LogP contribution is 2.60. The molecule has 0 aliphatic heterocycles. The molecule has 0 bridgehead atoms. The monoisotopic (exact) mass is 294 g/mol. The van der Waals surface area contributed by atoms with Crippen molar-refractivity contribution in [2.24, 2.45) is 0 Å². The van der Waals surface area contributed by atoms with Gasteiger partial charge in [-0.2, -0.15) is 0 Å². The van der Waals surface area contributed by atoms with E-state index < -0.39 is 30.6 Å². The van der Waals surface area contributed by atoms with E-state index in [4.69, 9.17) is 13.8 Å². The van der Waals surface area contributed by atoms with Gasteiger partial charge in [-0.15, -0.1) is 0 Å². The predicted octanol–water partition coefficient (Wildman–Crippen LogP) is 2.55. The zero-order valence-corrected chi connectivity index (χ0v) is 13.3. The summed E-state index contributed by atoms with van der Waals surface area (Å²) in [5.41, 5.74) is 0. The molecule has 0 N–H and O–H groups in total. The summed E-state index contributed by atoms with van der Waals surface area (Å²) in [7, 11) is -3.73. The van der Waals surface area contributed by atoms with Gasteiger partial charge in [-0.1, -0.05) is 0 Å². The Morgan fingerprint density at radius 3 is 1.84 bits per heavy atom. The zero-order valence-electron chi connectivity index (χ0n) is 12.4. The molecule has 0 aliphatic carbocycles. The summed E-state index contributed by atoms with van der Waals surface area (Å²) in [6, 6.07) is 0. The Kier molecular flexibility index (Phi) is 6.91. The van der Waals surface area contributed by atoms with Crippen LogP contribution >= 0.6 is 7.60 Å². The Morgan fingerprint density at radius 2 is 1.53 bits per heavy atom. The topological polar surface area (TPSA) is 78.9 Å². The van der Waals surface area contributed by atoms with Crippen molar-refractivity contribution in [3.05, 3.63) is 0 Å². The Morgan fingerprint density at radius 1 is 1.11 bits per heavy atom. The second-order valence-electron chi connectivity index (χ2n) is 4.68. The first-order valence-electron chi connectivity index (χ1n) is 6.27. The van der Waals surface area contributed by atoms with Crippen molar-refractivity contribution in [2.75, 3.05) is 13.2 Å². The third-order valence-electron chi connectivity index (χ3n) is 2.37. The molecule has 0 radical (unpaired) electrons. The fourth-order valence-corrected chi connectivity index (χ4v) is 3.08. The number of Topliss-reactive ketones (excluding diaryl/α,β-unsaturated/α-hetero) is 1. The van der Waals surface area contributed by atoms with Crippen LogP contribution in [0, 0.1) is 0 Å². The van der Waals surface area contributed by atoms with Crippen molar-refractivity contribution in [3.8, 4) is 0 Å². The van der Waals surface area contributed by atoms with Crippen LogP contribution in [0.25, 0.3) is 0 Å². The molecule has 7 heteroatoms. The normalized spacial score (nSPS) is 12.6. The lowest BCUT2D eigenvalue weighted by Crippen LogP contribution is -2.40. The number of ketones is 1. The average molecular weight is 294 g/mol. The van der Waals surface area contributed by atoms with Gasteiger partial charge in [0.05, 0.1) is 19.3 Å². The van der Waals surface area contributed by atoms with Crippen LogP contribution < -0.4 is 0 Å². The zero-order chi connectivity index (χ0) is 15.3. The highest BCUT2D eigenvalue weighted by atomic mass is 31.2. The van der Waals surface area contributed by atoms with Crippen molar-refractivity contribution in [2.45, 2.75) is 52.8 Å². The molecular formula is C12H23O6P. The highest BCUT2D eigenvalue weighted by molar-refractivity contribution is 7.57. The van der Waals surface area contributed by atoms with Gasteiger partial charge >= 0.3 is 13.6 Å². The molecule has 0 unspecified atom stereocenters. The van der Waals surface area contributed by atoms with Crippen LogP contribution in [-0.4, -0.2) is 36.2 Å². The van der Waals surface area contributed by atoms with E-state index in [0.717, 1.165) is 0 Å². The molecule has 0 rings (SSSR count). The van der Waals surface area contributed by atoms with E-state index in [1.807, 2.05) is 0 Å². The van der Waals surface area contributed by atoms with E-state index in [1.54, 1.807) is 27.7 Å². The molecule has 0 heterocycles. The number of rotatable bonds is 8. The maximum atomic E-state index is 12.6. The lowest BCUT2D eigenvalue weighted by atomic mass is 10.1. The fourth-order valence-electron chi connectivity index (χ4n) is 1.34. The summed E-state index contributed by atoms with van der Waals surface area (Å²) < 4.78 is 27.7. The van der Waals surface area contributed by atoms with Gasteiger partial charge < -0.3 is 13.8 Å². The number of esters is 1. The molecule has 6 nitrogen and oxygen atoms in total. The second-order valence-corrected chi connectivity index (χ2v) is 7.30. The Balaban J connectivity index is 5.25. The Bertz CT molecular complexity index is 364. The number of carbonyl (C=O) groups is 2. The van der Waals surface area contributed by atoms with E-state index in [1.165, 1.54) is 13.8 Å². The molecule has 0 aromatic carbocycles. The van der Waals surface area contributed by atoms with Crippen LogP contribution in [0.1, 0.15) is 41.5 Å².